The molecule has 0 atom stereocenters. The summed E-state index contributed by atoms with van der Waals surface area (Å²) in [7, 11) is 2.13. The molecule has 90 valence electrons. The van der Waals surface area contributed by atoms with Crippen molar-refractivity contribution in [2.45, 2.75) is 18.4 Å². The third kappa shape index (κ3) is 2.41. The molecule has 0 aliphatic carbocycles. The number of aromatic nitrogens is 1. The Hall–Kier alpha value is -0.950. The number of halogens is 3. The SMILES string of the molecule is COc1c(S(=O)(=O)Cl)ncc(C(F)F)c1C. The van der Waals surface area contributed by atoms with Crippen LogP contribution in [0, 0.1) is 6.92 Å². The summed E-state index contributed by atoms with van der Waals surface area (Å²) in [6.07, 6.45) is -1.98. The predicted molar refractivity (Wildman–Crippen MR) is 53.5 cm³/mol. The largest absolute Gasteiger partial charge is 0.493 e. The molecule has 0 radical (unpaired) electrons. The first-order valence-electron chi connectivity index (χ1n) is 4.05. The molecule has 0 aliphatic rings. The summed E-state index contributed by atoms with van der Waals surface area (Å²) in [4.78, 5) is 3.38. The fourth-order valence-corrected chi connectivity index (χ4v) is 2.18. The quantitative estimate of drug-likeness (QED) is 0.792. The van der Waals surface area contributed by atoms with Crippen molar-refractivity contribution >= 4 is 19.7 Å². The number of pyridine rings is 1. The van der Waals surface area contributed by atoms with Gasteiger partial charge in [-0.15, -0.1) is 0 Å². The number of hydrogen-bond donors (Lipinski definition) is 0. The number of hydrogen-bond acceptors (Lipinski definition) is 4. The first-order valence-corrected chi connectivity index (χ1v) is 6.36. The molecule has 0 spiro atoms. The Balaban J connectivity index is 3.54. The van der Waals surface area contributed by atoms with Crippen molar-refractivity contribution in [2.75, 3.05) is 7.11 Å². The lowest BCUT2D eigenvalue weighted by molar-refractivity contribution is 0.149. The van der Waals surface area contributed by atoms with Crippen LogP contribution < -0.4 is 4.74 Å². The molecule has 1 rings (SSSR count). The highest BCUT2D eigenvalue weighted by Gasteiger charge is 2.24. The monoisotopic (exact) mass is 271 g/mol. The van der Waals surface area contributed by atoms with Gasteiger partial charge >= 0.3 is 0 Å². The van der Waals surface area contributed by atoms with Crippen LogP contribution in [-0.4, -0.2) is 20.5 Å². The summed E-state index contributed by atoms with van der Waals surface area (Å²) >= 11 is 0. The van der Waals surface area contributed by atoms with E-state index in [2.05, 4.69) is 4.98 Å². The van der Waals surface area contributed by atoms with Crippen molar-refractivity contribution in [2.24, 2.45) is 0 Å². The van der Waals surface area contributed by atoms with Crippen molar-refractivity contribution in [1.82, 2.24) is 4.98 Å². The minimum absolute atomic E-state index is 0.00623. The van der Waals surface area contributed by atoms with Crippen LogP contribution in [0.3, 0.4) is 0 Å². The van der Waals surface area contributed by atoms with Crippen LogP contribution in [0.4, 0.5) is 8.78 Å². The second kappa shape index (κ2) is 4.50. The molecule has 0 N–H and O–H groups in total. The molecule has 4 nitrogen and oxygen atoms in total. The molecular weight excluding hydrogens is 264 g/mol. The van der Waals surface area contributed by atoms with Gasteiger partial charge in [0.05, 0.1) is 7.11 Å². The average Bonchev–Trinajstić information content (AvgIpc) is 2.15. The zero-order valence-electron chi connectivity index (χ0n) is 8.37. The molecule has 0 unspecified atom stereocenters. The number of nitrogens with zero attached hydrogens (tertiary/aromatic N) is 1. The first kappa shape index (κ1) is 13.1. The molecule has 8 heteroatoms. The highest BCUT2D eigenvalue weighted by molar-refractivity contribution is 8.13. The maximum absolute atomic E-state index is 12.5. The molecule has 0 saturated heterocycles. The summed E-state index contributed by atoms with van der Waals surface area (Å²) in [5.74, 6) is -0.257. The molecule has 0 aromatic carbocycles. The van der Waals surface area contributed by atoms with Gasteiger partial charge in [0.25, 0.3) is 15.5 Å². The lowest BCUT2D eigenvalue weighted by atomic mass is 10.1. The van der Waals surface area contributed by atoms with E-state index in [1.54, 1.807) is 0 Å². The van der Waals surface area contributed by atoms with Crippen molar-refractivity contribution in [1.29, 1.82) is 0 Å². The molecule has 1 heterocycles. The topological polar surface area (TPSA) is 56.3 Å². The summed E-state index contributed by atoms with van der Waals surface area (Å²) in [6.45, 7) is 1.31. The van der Waals surface area contributed by atoms with E-state index in [-0.39, 0.29) is 16.9 Å². The van der Waals surface area contributed by atoms with Gasteiger partial charge in [0, 0.05) is 28.0 Å². The second-order valence-electron chi connectivity index (χ2n) is 2.92. The van der Waals surface area contributed by atoms with Gasteiger partial charge in [0.15, 0.2) is 5.75 Å². The van der Waals surface area contributed by atoms with Crippen molar-refractivity contribution in [3.8, 4) is 5.75 Å². The van der Waals surface area contributed by atoms with Crippen LogP contribution in [0.2, 0.25) is 0 Å². The van der Waals surface area contributed by atoms with Crippen molar-refractivity contribution in [3.05, 3.63) is 17.3 Å². The molecule has 1 aromatic rings. The zero-order chi connectivity index (χ0) is 12.5. The Morgan fingerprint density at radius 2 is 2.06 bits per heavy atom. The lowest BCUT2D eigenvalue weighted by Crippen LogP contribution is -2.04. The van der Waals surface area contributed by atoms with E-state index in [9.17, 15) is 17.2 Å². The van der Waals surface area contributed by atoms with E-state index in [0.29, 0.717) is 0 Å². The van der Waals surface area contributed by atoms with E-state index < -0.39 is 20.5 Å². The number of rotatable bonds is 3. The molecule has 0 fully saturated rings. The maximum atomic E-state index is 12.5. The Labute approximate surface area is 95.6 Å². The van der Waals surface area contributed by atoms with Crippen LogP contribution in [0.1, 0.15) is 17.6 Å². The molecule has 0 aliphatic heterocycles. The van der Waals surface area contributed by atoms with Crippen LogP contribution >= 0.6 is 10.7 Å². The second-order valence-corrected chi connectivity index (χ2v) is 5.40. The molecule has 16 heavy (non-hydrogen) atoms. The third-order valence-corrected chi connectivity index (χ3v) is 3.15. The van der Waals surface area contributed by atoms with Gasteiger partial charge in [-0.1, -0.05) is 0 Å². The smallest absolute Gasteiger partial charge is 0.282 e. The fraction of sp³-hybridized carbons (Fsp3) is 0.375. The van der Waals surface area contributed by atoms with Crippen molar-refractivity contribution < 1.29 is 21.9 Å². The molecule has 1 aromatic heterocycles. The van der Waals surface area contributed by atoms with Gasteiger partial charge in [0.1, 0.15) is 0 Å². The van der Waals surface area contributed by atoms with E-state index >= 15 is 0 Å². The Kier molecular flexibility index (Phi) is 3.69. The van der Waals surface area contributed by atoms with Gasteiger partial charge in [0.2, 0.25) is 5.03 Å². The molecular formula is C8H8ClF2NO3S. The van der Waals surface area contributed by atoms with E-state index in [1.807, 2.05) is 0 Å². The maximum Gasteiger partial charge on any atom is 0.282 e. The van der Waals surface area contributed by atoms with Gasteiger partial charge in [-0.3, -0.25) is 0 Å². The summed E-state index contributed by atoms with van der Waals surface area (Å²) < 4.78 is 51.9. The molecule has 0 amide bonds. The predicted octanol–water partition coefficient (Wildman–Crippen LogP) is 2.26. The molecule has 0 saturated carbocycles. The van der Waals surface area contributed by atoms with E-state index in [4.69, 9.17) is 15.4 Å². The first-order chi connectivity index (χ1) is 7.29. The summed E-state index contributed by atoms with van der Waals surface area (Å²) in [5.41, 5.74) is -0.382. The third-order valence-electron chi connectivity index (χ3n) is 1.96. The van der Waals surface area contributed by atoms with Crippen LogP contribution in [0.25, 0.3) is 0 Å². The Bertz CT molecular complexity index is 504. The van der Waals surface area contributed by atoms with E-state index in [0.717, 1.165) is 13.3 Å². The number of methoxy groups -OCH3 is 1. The zero-order valence-corrected chi connectivity index (χ0v) is 9.94. The minimum atomic E-state index is -4.12. The van der Waals surface area contributed by atoms with Gasteiger partial charge < -0.3 is 4.74 Å². The van der Waals surface area contributed by atoms with Crippen LogP contribution in [-0.2, 0) is 9.05 Å². The molecule has 0 bridgehead atoms. The minimum Gasteiger partial charge on any atom is -0.493 e. The highest BCUT2D eigenvalue weighted by Crippen LogP contribution is 2.33. The Morgan fingerprint density at radius 1 is 1.50 bits per heavy atom. The Morgan fingerprint density at radius 3 is 2.44 bits per heavy atom. The normalized spacial score (nSPS) is 11.9. The van der Waals surface area contributed by atoms with Gasteiger partial charge in [-0.2, -0.15) is 0 Å². The number of ether oxygens (including phenoxy) is 1. The lowest BCUT2D eigenvalue weighted by Gasteiger charge is -2.11. The standard InChI is InChI=1S/C8H8ClF2NO3S/c1-4-5(7(10)11)3-12-8(6(4)15-2)16(9,13)14/h3,7H,1-2H3. The summed E-state index contributed by atoms with van der Waals surface area (Å²) in [6, 6.07) is 0. The van der Waals surface area contributed by atoms with Gasteiger partial charge in [-0.25, -0.2) is 22.2 Å². The highest BCUT2D eigenvalue weighted by atomic mass is 35.7. The van der Waals surface area contributed by atoms with Gasteiger partial charge in [-0.05, 0) is 6.92 Å². The van der Waals surface area contributed by atoms with Crippen LogP contribution in [0.15, 0.2) is 11.2 Å². The summed E-state index contributed by atoms with van der Waals surface area (Å²) in [5, 5.41) is -0.557. The fourth-order valence-electron chi connectivity index (χ4n) is 1.21. The van der Waals surface area contributed by atoms with Crippen LogP contribution in [0.5, 0.6) is 5.75 Å². The van der Waals surface area contributed by atoms with Crippen molar-refractivity contribution in [3.63, 3.8) is 0 Å². The average molecular weight is 272 g/mol. The number of alkyl halides is 2. The van der Waals surface area contributed by atoms with E-state index in [1.165, 1.54) is 6.92 Å².